The molecule has 2 nitrogen and oxygen atoms in total. The van der Waals surface area contributed by atoms with Crippen molar-refractivity contribution in [2.45, 2.75) is 39.0 Å². The van der Waals surface area contributed by atoms with Crippen LogP contribution in [0.3, 0.4) is 0 Å². The Morgan fingerprint density at radius 3 is 2.58 bits per heavy atom. The second-order valence-electron chi connectivity index (χ2n) is 5.66. The van der Waals surface area contributed by atoms with Gasteiger partial charge >= 0.3 is 0 Å². The largest absolute Gasteiger partial charge is 0.352 e. The molecule has 4 heteroatoms. The predicted molar refractivity (Wildman–Crippen MR) is 86.8 cm³/mol. The van der Waals surface area contributed by atoms with Gasteiger partial charge in [-0.25, -0.2) is 0 Å². The molecule has 1 N–H and O–H groups in total. The van der Waals surface area contributed by atoms with Gasteiger partial charge in [0.05, 0.1) is 5.56 Å². The zero-order chi connectivity index (χ0) is 14.3. The number of nitrogens with one attached hydrogen (secondary N) is 1. The molecule has 1 aromatic carbocycles. The first-order valence-electron chi connectivity index (χ1n) is 6.61. The van der Waals surface area contributed by atoms with Crippen molar-refractivity contribution in [2.75, 3.05) is 12.3 Å². The molecule has 0 aliphatic carbocycles. The third-order valence-corrected chi connectivity index (χ3v) is 5.19. The van der Waals surface area contributed by atoms with E-state index >= 15 is 0 Å². The summed E-state index contributed by atoms with van der Waals surface area (Å²) in [5.74, 6) is 1.09. The second-order valence-corrected chi connectivity index (χ2v) is 8.00. The van der Waals surface area contributed by atoms with E-state index in [2.05, 4.69) is 33.0 Å². The third kappa shape index (κ3) is 6.39. The first-order chi connectivity index (χ1) is 8.94. The number of carbonyl (C=O) groups excluding carboxylic acids is 1. The Bertz CT molecular complexity index is 413. The Morgan fingerprint density at radius 1 is 1.26 bits per heavy atom. The fraction of sp³-hybridized carbons (Fsp3) is 0.533. The van der Waals surface area contributed by atoms with E-state index in [9.17, 15) is 4.79 Å². The highest BCUT2D eigenvalue weighted by Gasteiger charge is 2.14. The lowest BCUT2D eigenvalue weighted by atomic mass is 10.0. The van der Waals surface area contributed by atoms with Crippen LogP contribution in [0.25, 0.3) is 0 Å². The molecule has 0 saturated heterocycles. The van der Waals surface area contributed by atoms with Crippen molar-refractivity contribution in [3.63, 3.8) is 0 Å². The fourth-order valence-corrected chi connectivity index (χ4v) is 4.31. The molecule has 19 heavy (non-hydrogen) atoms. The van der Waals surface area contributed by atoms with E-state index in [1.165, 1.54) is 0 Å². The second kappa shape index (κ2) is 7.85. The van der Waals surface area contributed by atoms with Gasteiger partial charge in [-0.1, -0.05) is 61.4 Å². The standard InChI is InChI=1S/C15H23NOS2/c1-5-10-16-14(17)12-8-6-7-9-13(12)19-18-11-15(2,3)4/h6-9H,5,10-11H2,1-4H3,(H,16,17). The number of rotatable bonds is 6. The van der Waals surface area contributed by atoms with Crippen LogP contribution in [0.2, 0.25) is 0 Å². The maximum absolute atomic E-state index is 12.1. The number of hydrogen-bond acceptors (Lipinski definition) is 3. The minimum absolute atomic E-state index is 0.0290. The lowest BCUT2D eigenvalue weighted by Crippen LogP contribution is -2.24. The molecule has 0 bridgehead atoms. The molecule has 1 amide bonds. The van der Waals surface area contributed by atoms with E-state index < -0.39 is 0 Å². The Labute approximate surface area is 124 Å². The van der Waals surface area contributed by atoms with Crippen molar-refractivity contribution in [3.8, 4) is 0 Å². The summed E-state index contributed by atoms with van der Waals surface area (Å²) in [5.41, 5.74) is 1.08. The molecular weight excluding hydrogens is 274 g/mol. The van der Waals surface area contributed by atoms with E-state index in [1.807, 2.05) is 24.3 Å². The molecule has 0 radical (unpaired) electrons. The molecule has 1 aromatic rings. The van der Waals surface area contributed by atoms with Crippen LogP contribution in [0.5, 0.6) is 0 Å². The van der Waals surface area contributed by atoms with Crippen molar-refractivity contribution in [1.82, 2.24) is 5.32 Å². The highest BCUT2D eigenvalue weighted by atomic mass is 33.1. The fourth-order valence-electron chi connectivity index (χ4n) is 1.33. The van der Waals surface area contributed by atoms with Gasteiger partial charge in [-0.05, 0) is 24.0 Å². The Morgan fingerprint density at radius 2 is 1.95 bits per heavy atom. The maximum Gasteiger partial charge on any atom is 0.252 e. The lowest BCUT2D eigenvalue weighted by molar-refractivity contribution is 0.0951. The third-order valence-electron chi connectivity index (χ3n) is 2.31. The quantitative estimate of drug-likeness (QED) is 0.777. The van der Waals surface area contributed by atoms with Crippen molar-refractivity contribution in [3.05, 3.63) is 29.8 Å². The van der Waals surface area contributed by atoms with Gasteiger partial charge in [0.25, 0.3) is 5.91 Å². The van der Waals surface area contributed by atoms with Crippen molar-refractivity contribution >= 4 is 27.5 Å². The molecule has 0 atom stereocenters. The van der Waals surface area contributed by atoms with Crippen LogP contribution in [-0.2, 0) is 0 Å². The minimum Gasteiger partial charge on any atom is -0.352 e. The summed E-state index contributed by atoms with van der Waals surface area (Å²) < 4.78 is 0. The molecule has 0 spiro atoms. The molecule has 106 valence electrons. The maximum atomic E-state index is 12.1. The zero-order valence-corrected chi connectivity index (χ0v) is 13.8. The Balaban J connectivity index is 2.65. The SMILES string of the molecule is CCCNC(=O)c1ccccc1SSCC(C)(C)C. The van der Waals surface area contributed by atoms with Gasteiger partial charge in [0.2, 0.25) is 0 Å². The molecular formula is C15H23NOS2. The topological polar surface area (TPSA) is 29.1 Å². The van der Waals surface area contributed by atoms with E-state index in [1.54, 1.807) is 21.6 Å². The first kappa shape index (κ1) is 16.4. The summed E-state index contributed by atoms with van der Waals surface area (Å²) in [6.45, 7) is 9.45. The van der Waals surface area contributed by atoms with Crippen LogP contribution in [0.15, 0.2) is 29.2 Å². The van der Waals surface area contributed by atoms with Gasteiger partial charge in [0.1, 0.15) is 0 Å². The summed E-state index contributed by atoms with van der Waals surface area (Å²) in [5, 5.41) is 2.93. The Kier molecular flexibility index (Phi) is 6.80. The molecule has 0 fully saturated rings. The zero-order valence-electron chi connectivity index (χ0n) is 12.2. The molecule has 0 aromatic heterocycles. The first-order valence-corrected chi connectivity index (χ1v) is 8.92. The number of carbonyl (C=O) groups is 1. The molecule has 0 heterocycles. The summed E-state index contributed by atoms with van der Waals surface area (Å²) >= 11 is 0. The summed E-state index contributed by atoms with van der Waals surface area (Å²) in [7, 11) is 3.50. The van der Waals surface area contributed by atoms with Crippen LogP contribution < -0.4 is 5.32 Å². The van der Waals surface area contributed by atoms with Crippen LogP contribution >= 0.6 is 21.6 Å². The monoisotopic (exact) mass is 297 g/mol. The number of benzene rings is 1. The van der Waals surface area contributed by atoms with Gasteiger partial charge in [0, 0.05) is 17.2 Å². The number of hydrogen-bond donors (Lipinski definition) is 1. The molecule has 0 aliphatic rings. The van der Waals surface area contributed by atoms with E-state index in [-0.39, 0.29) is 5.91 Å². The lowest BCUT2D eigenvalue weighted by Gasteiger charge is -2.17. The smallest absolute Gasteiger partial charge is 0.252 e. The molecule has 0 aliphatic heterocycles. The van der Waals surface area contributed by atoms with Gasteiger partial charge < -0.3 is 5.32 Å². The van der Waals surface area contributed by atoms with Gasteiger partial charge in [0.15, 0.2) is 0 Å². The molecule has 0 saturated carbocycles. The van der Waals surface area contributed by atoms with Crippen molar-refractivity contribution in [2.24, 2.45) is 5.41 Å². The highest BCUT2D eigenvalue weighted by molar-refractivity contribution is 8.76. The van der Waals surface area contributed by atoms with Crippen LogP contribution in [-0.4, -0.2) is 18.2 Å². The van der Waals surface area contributed by atoms with E-state index in [0.717, 1.165) is 29.2 Å². The van der Waals surface area contributed by atoms with Gasteiger partial charge in [-0.2, -0.15) is 0 Å². The van der Waals surface area contributed by atoms with Crippen LogP contribution in [0.4, 0.5) is 0 Å². The van der Waals surface area contributed by atoms with Crippen LogP contribution in [0, 0.1) is 5.41 Å². The van der Waals surface area contributed by atoms with E-state index in [4.69, 9.17) is 0 Å². The predicted octanol–water partition coefficient (Wildman–Crippen LogP) is 4.61. The van der Waals surface area contributed by atoms with Crippen molar-refractivity contribution in [1.29, 1.82) is 0 Å². The summed E-state index contributed by atoms with van der Waals surface area (Å²) in [4.78, 5) is 13.1. The molecule has 1 rings (SSSR count). The summed E-state index contributed by atoms with van der Waals surface area (Å²) in [6, 6.07) is 7.81. The summed E-state index contributed by atoms with van der Waals surface area (Å²) in [6.07, 6.45) is 0.958. The minimum atomic E-state index is 0.0290. The normalized spacial score (nSPS) is 11.4. The van der Waals surface area contributed by atoms with Gasteiger partial charge in [-0.3, -0.25) is 4.79 Å². The Hall–Kier alpha value is -0.610. The van der Waals surface area contributed by atoms with E-state index in [0.29, 0.717) is 5.41 Å². The average Bonchev–Trinajstić information content (AvgIpc) is 2.35. The number of amides is 1. The van der Waals surface area contributed by atoms with Crippen LogP contribution in [0.1, 0.15) is 44.5 Å². The molecule has 0 unspecified atom stereocenters. The average molecular weight is 297 g/mol. The highest BCUT2D eigenvalue weighted by Crippen LogP contribution is 2.37. The van der Waals surface area contributed by atoms with Gasteiger partial charge in [-0.15, -0.1) is 0 Å². The van der Waals surface area contributed by atoms with Crippen molar-refractivity contribution < 1.29 is 4.79 Å².